The van der Waals surface area contributed by atoms with Gasteiger partial charge in [0.15, 0.2) is 5.69 Å². The van der Waals surface area contributed by atoms with Crippen molar-refractivity contribution in [2.45, 2.75) is 6.92 Å². The van der Waals surface area contributed by atoms with Crippen molar-refractivity contribution in [2.75, 3.05) is 24.2 Å². The Labute approximate surface area is 105 Å². The number of carboxylic acid groups (broad SMARTS) is 1. The average Bonchev–Trinajstić information content (AvgIpc) is 2.29. The molecule has 0 bridgehead atoms. The van der Waals surface area contributed by atoms with Gasteiger partial charge in [-0.1, -0.05) is 6.92 Å². The number of anilines is 1. The lowest BCUT2D eigenvalue weighted by Gasteiger charge is -2.09. The van der Waals surface area contributed by atoms with Crippen LogP contribution in [0.1, 0.15) is 17.4 Å². The highest BCUT2D eigenvalue weighted by atomic mass is 32.2. The summed E-state index contributed by atoms with van der Waals surface area (Å²) >= 11 is 0. The van der Waals surface area contributed by atoms with Gasteiger partial charge in [-0.05, 0) is 12.1 Å². The van der Waals surface area contributed by atoms with Crippen molar-refractivity contribution in [3.8, 4) is 0 Å². The SMILES string of the molecule is CCNS(=O)(=O)CCNc1cccnc1C(=O)O. The standard InChI is InChI=1S/C10H15N3O4S/c1-2-13-18(16,17)7-6-11-8-4-3-5-12-9(8)10(14)15/h3-5,11,13H,2,6-7H2,1H3,(H,14,15). The van der Waals surface area contributed by atoms with Gasteiger partial charge in [-0.2, -0.15) is 0 Å². The summed E-state index contributed by atoms with van der Waals surface area (Å²) in [6.07, 6.45) is 1.37. The molecule has 1 heterocycles. The van der Waals surface area contributed by atoms with Crippen LogP contribution in [0.15, 0.2) is 18.3 Å². The van der Waals surface area contributed by atoms with E-state index in [9.17, 15) is 13.2 Å². The molecular formula is C10H15N3O4S. The van der Waals surface area contributed by atoms with E-state index in [2.05, 4.69) is 15.0 Å². The number of nitrogens with zero attached hydrogens (tertiary/aromatic N) is 1. The van der Waals surface area contributed by atoms with Crippen LogP contribution in [0, 0.1) is 0 Å². The van der Waals surface area contributed by atoms with E-state index in [0.717, 1.165) is 0 Å². The summed E-state index contributed by atoms with van der Waals surface area (Å²) in [5.74, 6) is -1.29. The van der Waals surface area contributed by atoms with Gasteiger partial charge in [-0.3, -0.25) is 0 Å². The number of hydrogen-bond acceptors (Lipinski definition) is 5. The maximum atomic E-state index is 11.4. The zero-order chi connectivity index (χ0) is 13.6. The number of carboxylic acids is 1. The summed E-state index contributed by atoms with van der Waals surface area (Å²) in [6, 6.07) is 3.11. The smallest absolute Gasteiger partial charge is 0.356 e. The van der Waals surface area contributed by atoms with Gasteiger partial charge >= 0.3 is 5.97 Å². The van der Waals surface area contributed by atoms with Gasteiger partial charge in [0.1, 0.15) is 0 Å². The molecule has 8 heteroatoms. The second-order valence-electron chi connectivity index (χ2n) is 3.45. The molecule has 3 N–H and O–H groups in total. The first-order valence-electron chi connectivity index (χ1n) is 5.36. The second kappa shape index (κ2) is 6.31. The van der Waals surface area contributed by atoms with Gasteiger partial charge < -0.3 is 10.4 Å². The van der Waals surface area contributed by atoms with Gasteiger partial charge in [-0.15, -0.1) is 0 Å². The lowest BCUT2D eigenvalue weighted by molar-refractivity contribution is 0.0691. The molecular weight excluding hydrogens is 258 g/mol. The summed E-state index contributed by atoms with van der Waals surface area (Å²) in [6.45, 7) is 2.13. The van der Waals surface area contributed by atoms with E-state index < -0.39 is 16.0 Å². The molecule has 1 aromatic heterocycles. The summed E-state index contributed by atoms with van der Waals surface area (Å²) in [4.78, 5) is 14.6. The largest absolute Gasteiger partial charge is 0.476 e. The summed E-state index contributed by atoms with van der Waals surface area (Å²) in [7, 11) is -3.32. The zero-order valence-corrected chi connectivity index (χ0v) is 10.7. The molecule has 0 spiro atoms. The highest BCUT2D eigenvalue weighted by Gasteiger charge is 2.12. The number of pyridine rings is 1. The predicted octanol–water partition coefficient (Wildman–Crippen LogP) is 0.131. The minimum atomic E-state index is -3.32. The van der Waals surface area contributed by atoms with Crippen molar-refractivity contribution >= 4 is 21.7 Å². The van der Waals surface area contributed by atoms with E-state index in [4.69, 9.17) is 5.11 Å². The fourth-order valence-electron chi connectivity index (χ4n) is 1.33. The van der Waals surface area contributed by atoms with E-state index in [1.807, 2.05) is 0 Å². The minimum absolute atomic E-state index is 0.112. The van der Waals surface area contributed by atoms with Crippen LogP contribution in [0.25, 0.3) is 0 Å². The second-order valence-corrected chi connectivity index (χ2v) is 5.37. The first kappa shape index (κ1) is 14.4. The van der Waals surface area contributed by atoms with Crippen molar-refractivity contribution in [3.05, 3.63) is 24.0 Å². The predicted molar refractivity (Wildman–Crippen MR) is 67.1 cm³/mol. The molecule has 0 aliphatic rings. The lowest BCUT2D eigenvalue weighted by Crippen LogP contribution is -2.29. The molecule has 0 fully saturated rings. The van der Waals surface area contributed by atoms with Crippen LogP contribution in [-0.2, 0) is 10.0 Å². The average molecular weight is 273 g/mol. The van der Waals surface area contributed by atoms with E-state index in [-0.39, 0.29) is 18.0 Å². The molecule has 0 aliphatic carbocycles. The molecule has 0 radical (unpaired) electrons. The van der Waals surface area contributed by atoms with Crippen molar-refractivity contribution < 1.29 is 18.3 Å². The molecule has 1 aromatic rings. The first-order valence-corrected chi connectivity index (χ1v) is 7.01. The Morgan fingerprint density at radius 2 is 2.22 bits per heavy atom. The third kappa shape index (κ3) is 4.30. The Kier molecular flexibility index (Phi) is 5.05. The van der Waals surface area contributed by atoms with Crippen LogP contribution in [0.4, 0.5) is 5.69 Å². The number of aromatic nitrogens is 1. The van der Waals surface area contributed by atoms with Gasteiger partial charge in [-0.25, -0.2) is 22.9 Å². The Morgan fingerprint density at radius 3 is 2.83 bits per heavy atom. The van der Waals surface area contributed by atoms with Crippen LogP contribution >= 0.6 is 0 Å². The molecule has 7 nitrogen and oxygen atoms in total. The summed E-state index contributed by atoms with van der Waals surface area (Å²) in [5, 5.41) is 11.6. The Hall–Kier alpha value is -1.67. The molecule has 0 unspecified atom stereocenters. The minimum Gasteiger partial charge on any atom is -0.476 e. The van der Waals surface area contributed by atoms with Crippen LogP contribution in [-0.4, -0.2) is 43.3 Å². The van der Waals surface area contributed by atoms with Gasteiger partial charge in [0, 0.05) is 19.3 Å². The molecule has 100 valence electrons. The zero-order valence-electron chi connectivity index (χ0n) is 9.88. The molecule has 0 saturated carbocycles. The topological polar surface area (TPSA) is 108 Å². The third-order valence-electron chi connectivity index (χ3n) is 2.06. The molecule has 1 rings (SSSR count). The van der Waals surface area contributed by atoms with Crippen LogP contribution in [0.5, 0.6) is 0 Å². The number of aromatic carboxylic acids is 1. The number of carbonyl (C=O) groups is 1. The van der Waals surface area contributed by atoms with E-state index in [1.165, 1.54) is 12.3 Å². The van der Waals surface area contributed by atoms with Crippen LogP contribution < -0.4 is 10.0 Å². The molecule has 0 amide bonds. The molecule has 0 saturated heterocycles. The maximum Gasteiger partial charge on any atom is 0.356 e. The van der Waals surface area contributed by atoms with Crippen molar-refractivity contribution in [1.29, 1.82) is 0 Å². The fourth-order valence-corrected chi connectivity index (χ4v) is 2.29. The lowest BCUT2D eigenvalue weighted by atomic mass is 10.3. The molecule has 0 aliphatic heterocycles. The molecule has 18 heavy (non-hydrogen) atoms. The fraction of sp³-hybridized carbons (Fsp3) is 0.400. The third-order valence-corrected chi connectivity index (χ3v) is 3.53. The molecule has 0 aromatic carbocycles. The summed E-state index contributed by atoms with van der Waals surface area (Å²) in [5.41, 5.74) is 0.176. The van der Waals surface area contributed by atoms with Crippen LogP contribution in [0.2, 0.25) is 0 Å². The highest BCUT2D eigenvalue weighted by Crippen LogP contribution is 2.11. The monoisotopic (exact) mass is 273 g/mol. The number of nitrogens with one attached hydrogen (secondary N) is 2. The first-order chi connectivity index (χ1) is 8.46. The molecule has 0 atom stereocenters. The number of hydrogen-bond donors (Lipinski definition) is 3. The summed E-state index contributed by atoms with van der Waals surface area (Å²) < 4.78 is 25.1. The van der Waals surface area contributed by atoms with Crippen molar-refractivity contribution in [2.24, 2.45) is 0 Å². The van der Waals surface area contributed by atoms with E-state index in [0.29, 0.717) is 12.2 Å². The van der Waals surface area contributed by atoms with E-state index in [1.54, 1.807) is 13.0 Å². The van der Waals surface area contributed by atoms with Gasteiger partial charge in [0.05, 0.1) is 11.4 Å². The Morgan fingerprint density at radius 1 is 1.50 bits per heavy atom. The Bertz CT molecular complexity index is 516. The van der Waals surface area contributed by atoms with Crippen molar-refractivity contribution in [3.63, 3.8) is 0 Å². The number of rotatable bonds is 7. The van der Waals surface area contributed by atoms with Crippen molar-refractivity contribution in [1.82, 2.24) is 9.71 Å². The number of sulfonamides is 1. The maximum absolute atomic E-state index is 11.4. The van der Waals surface area contributed by atoms with Gasteiger partial charge in [0.25, 0.3) is 0 Å². The van der Waals surface area contributed by atoms with E-state index >= 15 is 0 Å². The Balaban J connectivity index is 2.62. The van der Waals surface area contributed by atoms with Gasteiger partial charge in [0.2, 0.25) is 10.0 Å². The van der Waals surface area contributed by atoms with Crippen LogP contribution in [0.3, 0.4) is 0 Å². The normalized spacial score (nSPS) is 11.2. The quantitative estimate of drug-likeness (QED) is 0.651. The highest BCUT2D eigenvalue weighted by molar-refractivity contribution is 7.89.